The number of carbonyl (C=O) groups is 1. The fourth-order valence-corrected chi connectivity index (χ4v) is 3.34. The molecule has 0 aliphatic carbocycles. The van der Waals surface area contributed by atoms with Gasteiger partial charge in [0.05, 0.1) is 0 Å². The summed E-state index contributed by atoms with van der Waals surface area (Å²) in [5.41, 5.74) is 2.69. The van der Waals surface area contributed by atoms with Crippen LogP contribution in [0.5, 0.6) is 0 Å². The molecule has 0 bridgehead atoms. The molecule has 0 atom stereocenters. The largest absolute Gasteiger partial charge is 0.332 e. The summed E-state index contributed by atoms with van der Waals surface area (Å²) in [6.07, 6.45) is 0.984. The average Bonchev–Trinajstić information content (AvgIpc) is 2.62. The summed E-state index contributed by atoms with van der Waals surface area (Å²) in [6.45, 7) is 2.11. The molecule has 3 aromatic rings. The third-order valence-electron chi connectivity index (χ3n) is 3.96. The van der Waals surface area contributed by atoms with Crippen LogP contribution in [0.3, 0.4) is 0 Å². The first-order chi connectivity index (χ1) is 12.1. The minimum absolute atomic E-state index is 0.230. The second-order valence-corrected chi connectivity index (χ2v) is 6.86. The van der Waals surface area contributed by atoms with E-state index in [4.69, 9.17) is 12.2 Å². The minimum atomic E-state index is -0.230. The maximum absolute atomic E-state index is 12.6. The van der Waals surface area contributed by atoms with E-state index in [-0.39, 0.29) is 11.0 Å². The molecule has 0 radical (unpaired) electrons. The van der Waals surface area contributed by atoms with Crippen molar-refractivity contribution >= 4 is 55.6 Å². The van der Waals surface area contributed by atoms with Gasteiger partial charge in [-0.1, -0.05) is 59.3 Å². The van der Waals surface area contributed by atoms with Crippen molar-refractivity contribution in [1.82, 2.24) is 5.32 Å². The molecule has 0 heterocycles. The molecule has 0 aliphatic heterocycles. The van der Waals surface area contributed by atoms with Crippen LogP contribution in [-0.4, -0.2) is 11.0 Å². The number of hydrogen-bond acceptors (Lipinski definition) is 2. The zero-order chi connectivity index (χ0) is 17.8. The highest BCUT2D eigenvalue weighted by Gasteiger charge is 2.12. The first-order valence-electron chi connectivity index (χ1n) is 7.97. The molecule has 0 aromatic heterocycles. The highest BCUT2D eigenvalue weighted by Crippen LogP contribution is 2.26. The van der Waals surface area contributed by atoms with E-state index in [0.29, 0.717) is 5.56 Å². The SMILES string of the molecule is CCc1ccc(NC(=S)NC(=O)c2cccc3c(Br)cccc23)cc1. The monoisotopic (exact) mass is 412 g/mol. The van der Waals surface area contributed by atoms with Gasteiger partial charge in [0.1, 0.15) is 0 Å². The van der Waals surface area contributed by atoms with Gasteiger partial charge in [0.2, 0.25) is 0 Å². The molecule has 3 aromatic carbocycles. The molecule has 0 aliphatic rings. The van der Waals surface area contributed by atoms with E-state index < -0.39 is 0 Å². The van der Waals surface area contributed by atoms with Gasteiger partial charge in [0.25, 0.3) is 5.91 Å². The molecule has 0 saturated heterocycles. The van der Waals surface area contributed by atoms with Crippen molar-refractivity contribution in [1.29, 1.82) is 0 Å². The number of nitrogens with one attached hydrogen (secondary N) is 2. The lowest BCUT2D eigenvalue weighted by molar-refractivity contribution is 0.0979. The van der Waals surface area contributed by atoms with Crippen molar-refractivity contribution in [3.05, 3.63) is 76.3 Å². The Hall–Kier alpha value is -2.24. The maximum atomic E-state index is 12.6. The highest BCUT2D eigenvalue weighted by atomic mass is 79.9. The summed E-state index contributed by atoms with van der Waals surface area (Å²) >= 11 is 8.79. The highest BCUT2D eigenvalue weighted by molar-refractivity contribution is 9.10. The number of hydrogen-bond donors (Lipinski definition) is 2. The smallest absolute Gasteiger partial charge is 0.258 e. The molecule has 1 amide bonds. The molecule has 2 N–H and O–H groups in total. The Morgan fingerprint density at radius 2 is 1.68 bits per heavy atom. The van der Waals surface area contributed by atoms with Crippen molar-refractivity contribution in [2.75, 3.05) is 5.32 Å². The van der Waals surface area contributed by atoms with Gasteiger partial charge in [-0.15, -0.1) is 0 Å². The predicted octanol–water partition coefficient (Wildman–Crippen LogP) is 5.29. The lowest BCUT2D eigenvalue weighted by Gasteiger charge is -2.11. The van der Waals surface area contributed by atoms with E-state index in [1.165, 1.54) is 5.56 Å². The van der Waals surface area contributed by atoms with Crippen molar-refractivity contribution < 1.29 is 4.79 Å². The van der Waals surface area contributed by atoms with Crippen LogP contribution in [0.2, 0.25) is 0 Å². The number of amides is 1. The van der Waals surface area contributed by atoms with Crippen LogP contribution in [0.15, 0.2) is 65.1 Å². The topological polar surface area (TPSA) is 41.1 Å². The summed E-state index contributed by atoms with van der Waals surface area (Å²) in [5.74, 6) is -0.230. The summed E-state index contributed by atoms with van der Waals surface area (Å²) in [4.78, 5) is 12.6. The fourth-order valence-electron chi connectivity index (χ4n) is 2.63. The Labute approximate surface area is 160 Å². The van der Waals surface area contributed by atoms with Gasteiger partial charge in [-0.25, -0.2) is 0 Å². The fraction of sp³-hybridized carbons (Fsp3) is 0.100. The Balaban J connectivity index is 1.75. The van der Waals surface area contributed by atoms with Gasteiger partial charge in [0, 0.05) is 15.7 Å². The zero-order valence-electron chi connectivity index (χ0n) is 13.7. The van der Waals surface area contributed by atoms with E-state index in [0.717, 1.165) is 27.4 Å². The number of fused-ring (bicyclic) bond motifs is 1. The Kier molecular flexibility index (Phi) is 5.46. The minimum Gasteiger partial charge on any atom is -0.332 e. The standard InChI is InChI=1S/C20H17BrN2OS/c1-2-13-9-11-14(12-10-13)22-20(25)23-19(24)17-7-3-6-16-15(17)5-4-8-18(16)21/h3-12H,2H2,1H3,(H2,22,23,24,25). The van der Waals surface area contributed by atoms with Gasteiger partial charge < -0.3 is 5.32 Å². The maximum Gasteiger partial charge on any atom is 0.258 e. The normalized spacial score (nSPS) is 10.5. The molecule has 126 valence electrons. The van der Waals surface area contributed by atoms with Gasteiger partial charge >= 0.3 is 0 Å². The van der Waals surface area contributed by atoms with Crippen LogP contribution < -0.4 is 10.6 Å². The van der Waals surface area contributed by atoms with Gasteiger partial charge in [-0.2, -0.15) is 0 Å². The molecule has 25 heavy (non-hydrogen) atoms. The molecule has 3 nitrogen and oxygen atoms in total. The van der Waals surface area contributed by atoms with Crippen LogP contribution in [0.4, 0.5) is 5.69 Å². The number of anilines is 1. The Morgan fingerprint density at radius 3 is 2.40 bits per heavy atom. The van der Waals surface area contributed by atoms with Crippen LogP contribution in [0.25, 0.3) is 10.8 Å². The summed E-state index contributed by atoms with van der Waals surface area (Å²) < 4.78 is 0.955. The molecule has 5 heteroatoms. The van der Waals surface area contributed by atoms with E-state index in [1.54, 1.807) is 6.07 Å². The number of carbonyl (C=O) groups excluding carboxylic acids is 1. The Morgan fingerprint density at radius 1 is 1.00 bits per heavy atom. The second kappa shape index (κ2) is 7.76. The van der Waals surface area contributed by atoms with E-state index >= 15 is 0 Å². The van der Waals surface area contributed by atoms with Crippen LogP contribution >= 0.6 is 28.1 Å². The first kappa shape index (κ1) is 17.6. The molecular weight excluding hydrogens is 396 g/mol. The lowest BCUT2D eigenvalue weighted by Crippen LogP contribution is -2.34. The number of halogens is 1. The first-order valence-corrected chi connectivity index (χ1v) is 9.17. The second-order valence-electron chi connectivity index (χ2n) is 5.60. The van der Waals surface area contributed by atoms with Gasteiger partial charge in [-0.05, 0) is 59.2 Å². The van der Waals surface area contributed by atoms with E-state index in [9.17, 15) is 4.79 Å². The molecule has 0 spiro atoms. The van der Waals surface area contributed by atoms with Crippen molar-refractivity contribution in [3.8, 4) is 0 Å². The third kappa shape index (κ3) is 4.06. The quantitative estimate of drug-likeness (QED) is 0.574. The van der Waals surface area contributed by atoms with Crippen LogP contribution in [0.1, 0.15) is 22.8 Å². The molecule has 3 rings (SSSR count). The zero-order valence-corrected chi connectivity index (χ0v) is 16.1. The van der Waals surface area contributed by atoms with Crippen molar-refractivity contribution in [2.45, 2.75) is 13.3 Å². The Bertz CT molecular complexity index is 938. The third-order valence-corrected chi connectivity index (χ3v) is 4.86. The van der Waals surface area contributed by atoms with E-state index in [1.807, 2.05) is 54.6 Å². The van der Waals surface area contributed by atoms with Crippen molar-refractivity contribution in [2.24, 2.45) is 0 Å². The number of aryl methyl sites for hydroxylation is 1. The number of rotatable bonds is 3. The number of benzene rings is 3. The molecule has 0 fully saturated rings. The summed E-state index contributed by atoms with van der Waals surface area (Å²) in [5, 5.41) is 7.94. The summed E-state index contributed by atoms with van der Waals surface area (Å²) in [7, 11) is 0. The van der Waals surface area contributed by atoms with E-state index in [2.05, 4.69) is 33.5 Å². The molecular formula is C20H17BrN2OS. The van der Waals surface area contributed by atoms with Crippen molar-refractivity contribution in [3.63, 3.8) is 0 Å². The number of thiocarbonyl (C=S) groups is 1. The van der Waals surface area contributed by atoms with Gasteiger partial charge in [0.15, 0.2) is 5.11 Å². The van der Waals surface area contributed by atoms with Gasteiger partial charge in [-0.3, -0.25) is 10.1 Å². The molecule has 0 saturated carbocycles. The molecule has 0 unspecified atom stereocenters. The van der Waals surface area contributed by atoms with Crippen LogP contribution in [0, 0.1) is 0 Å². The lowest BCUT2D eigenvalue weighted by atomic mass is 10.0. The van der Waals surface area contributed by atoms with Crippen LogP contribution in [-0.2, 0) is 6.42 Å². The average molecular weight is 413 g/mol. The predicted molar refractivity (Wildman–Crippen MR) is 111 cm³/mol. The summed E-state index contributed by atoms with van der Waals surface area (Å²) in [6, 6.07) is 19.4.